The second-order valence-corrected chi connectivity index (χ2v) is 4.27. The van der Waals surface area contributed by atoms with Gasteiger partial charge in [-0.15, -0.1) is 11.6 Å². The second kappa shape index (κ2) is 5.72. The predicted molar refractivity (Wildman–Crippen MR) is 62.8 cm³/mol. The van der Waals surface area contributed by atoms with Crippen LogP contribution in [0.2, 0.25) is 0 Å². The molecule has 0 aliphatic rings. The molecule has 0 spiro atoms. The molecule has 0 aliphatic carbocycles. The fraction of sp³-hybridized carbons (Fsp3) is 0.333. The molecule has 0 aromatic carbocycles. The Morgan fingerprint density at radius 3 is 2.69 bits per heavy atom. The van der Waals surface area contributed by atoms with Crippen LogP contribution in [0.5, 0.6) is 0 Å². The van der Waals surface area contributed by atoms with Crippen molar-refractivity contribution in [1.82, 2.24) is 4.98 Å². The van der Waals surface area contributed by atoms with Gasteiger partial charge in [0.2, 0.25) is 0 Å². The van der Waals surface area contributed by atoms with Crippen LogP contribution in [0.15, 0.2) is 6.07 Å². The molecule has 0 atom stereocenters. The number of hydrogen-bond donors (Lipinski definition) is 1. The average Bonchev–Trinajstić information content (AvgIpc) is 2.14. The monoisotopic (exact) mass is 361 g/mol. The maximum atomic E-state index is 12.7. The van der Waals surface area contributed by atoms with Crippen LogP contribution in [0.1, 0.15) is 23.2 Å². The lowest BCUT2D eigenvalue weighted by Crippen LogP contribution is -2.08. The van der Waals surface area contributed by atoms with Gasteiger partial charge in [-0.1, -0.05) is 0 Å². The molecule has 0 radical (unpaired) electrons. The van der Waals surface area contributed by atoms with Crippen LogP contribution in [-0.4, -0.2) is 16.1 Å². The molecule has 1 rings (SSSR count). The highest BCUT2D eigenvalue weighted by Crippen LogP contribution is 2.28. The van der Waals surface area contributed by atoms with Crippen LogP contribution in [0, 0.1) is 3.70 Å². The van der Waals surface area contributed by atoms with Gasteiger partial charge in [0.15, 0.2) is 0 Å². The maximum Gasteiger partial charge on any atom is 0.307 e. The Morgan fingerprint density at radius 1 is 1.62 bits per heavy atom. The van der Waals surface area contributed by atoms with Gasteiger partial charge in [0, 0.05) is 0 Å². The zero-order valence-corrected chi connectivity index (χ0v) is 10.8. The van der Waals surface area contributed by atoms with Crippen LogP contribution in [0.4, 0.5) is 8.78 Å². The largest absolute Gasteiger partial charge is 0.481 e. The van der Waals surface area contributed by atoms with Gasteiger partial charge in [0.1, 0.15) is 3.70 Å². The number of aromatic nitrogens is 1. The Balaban J connectivity index is 3.28. The van der Waals surface area contributed by atoms with Crippen molar-refractivity contribution < 1.29 is 18.7 Å². The first-order valence-corrected chi connectivity index (χ1v) is 5.81. The van der Waals surface area contributed by atoms with Crippen LogP contribution in [0.25, 0.3) is 0 Å². The van der Waals surface area contributed by atoms with Crippen LogP contribution < -0.4 is 0 Å². The van der Waals surface area contributed by atoms with Crippen LogP contribution >= 0.6 is 34.2 Å². The summed E-state index contributed by atoms with van der Waals surface area (Å²) in [6.07, 6.45) is -3.19. The highest BCUT2D eigenvalue weighted by Gasteiger charge is 2.20. The number of hydrogen-bond acceptors (Lipinski definition) is 2. The van der Waals surface area contributed by atoms with Gasteiger partial charge in [-0.25, -0.2) is 13.8 Å². The summed E-state index contributed by atoms with van der Waals surface area (Å²) in [5.74, 6) is -1.10. The third-order valence-corrected chi connectivity index (χ3v) is 2.94. The van der Waals surface area contributed by atoms with Gasteiger partial charge in [-0.3, -0.25) is 4.79 Å². The van der Waals surface area contributed by atoms with Gasteiger partial charge in [0.25, 0.3) is 6.43 Å². The molecule has 0 unspecified atom stereocenters. The minimum absolute atomic E-state index is 0.0616. The molecule has 0 bridgehead atoms. The van der Waals surface area contributed by atoms with Crippen molar-refractivity contribution in [3.05, 3.63) is 26.6 Å². The number of carboxylic acid groups (broad SMARTS) is 1. The Morgan fingerprint density at radius 2 is 2.25 bits per heavy atom. The van der Waals surface area contributed by atoms with E-state index in [1.54, 1.807) is 22.6 Å². The molecule has 0 fully saturated rings. The van der Waals surface area contributed by atoms with Crippen molar-refractivity contribution >= 4 is 40.2 Å². The van der Waals surface area contributed by atoms with Crippen molar-refractivity contribution in [2.75, 3.05) is 0 Å². The number of carboxylic acids is 1. The molecule has 1 N–H and O–H groups in total. The molecule has 0 saturated carbocycles. The third kappa shape index (κ3) is 3.24. The number of pyridine rings is 1. The van der Waals surface area contributed by atoms with Crippen molar-refractivity contribution in [2.24, 2.45) is 0 Å². The number of halogens is 4. The number of nitrogens with zero attached hydrogens (tertiary/aromatic N) is 1. The SMILES string of the molecule is O=C(O)Cc1cc(CCl)nc(I)c1C(F)F. The van der Waals surface area contributed by atoms with E-state index < -0.39 is 18.8 Å². The van der Waals surface area contributed by atoms with E-state index in [1.165, 1.54) is 6.07 Å². The minimum atomic E-state index is -2.74. The van der Waals surface area contributed by atoms with E-state index in [9.17, 15) is 13.6 Å². The fourth-order valence-corrected chi connectivity index (χ4v) is 2.27. The fourth-order valence-electron chi connectivity index (χ4n) is 1.24. The van der Waals surface area contributed by atoms with Gasteiger partial charge in [0.05, 0.1) is 23.6 Å². The number of rotatable bonds is 4. The summed E-state index contributed by atoms with van der Waals surface area (Å²) in [5, 5.41) is 8.63. The molecule has 0 amide bonds. The molecule has 0 saturated heterocycles. The molecule has 16 heavy (non-hydrogen) atoms. The first-order valence-electron chi connectivity index (χ1n) is 4.19. The minimum Gasteiger partial charge on any atom is -0.481 e. The third-order valence-electron chi connectivity index (χ3n) is 1.85. The Bertz CT molecular complexity index is 415. The predicted octanol–water partition coefficient (Wildman–Crippen LogP) is 2.99. The molecule has 7 heteroatoms. The summed E-state index contributed by atoms with van der Waals surface area (Å²) in [7, 11) is 0. The van der Waals surface area contributed by atoms with E-state index in [0.717, 1.165) is 0 Å². The van der Waals surface area contributed by atoms with Crippen LogP contribution in [-0.2, 0) is 17.1 Å². The molecule has 1 aromatic heterocycles. The van der Waals surface area contributed by atoms with Crippen molar-refractivity contribution in [1.29, 1.82) is 0 Å². The molecule has 1 aromatic rings. The molecule has 0 aliphatic heterocycles. The molecular weight excluding hydrogens is 354 g/mol. The number of aliphatic carboxylic acids is 1. The van der Waals surface area contributed by atoms with E-state index in [-0.39, 0.29) is 20.7 Å². The lowest BCUT2D eigenvalue weighted by atomic mass is 10.1. The first kappa shape index (κ1) is 13.6. The smallest absolute Gasteiger partial charge is 0.307 e. The Kier molecular flexibility index (Phi) is 4.85. The summed E-state index contributed by atoms with van der Waals surface area (Å²) in [6.45, 7) is 0. The highest BCUT2D eigenvalue weighted by atomic mass is 127. The summed E-state index contributed by atoms with van der Waals surface area (Å²) < 4.78 is 25.5. The highest BCUT2D eigenvalue weighted by molar-refractivity contribution is 14.1. The zero-order chi connectivity index (χ0) is 12.3. The number of carbonyl (C=O) groups is 1. The van der Waals surface area contributed by atoms with Gasteiger partial charge in [-0.2, -0.15) is 0 Å². The average molecular weight is 362 g/mol. The Labute approximate surface area is 109 Å². The second-order valence-electron chi connectivity index (χ2n) is 2.98. The molecule has 88 valence electrons. The molecule has 1 heterocycles. The van der Waals surface area contributed by atoms with Crippen molar-refractivity contribution in [3.63, 3.8) is 0 Å². The zero-order valence-electron chi connectivity index (χ0n) is 7.88. The lowest BCUT2D eigenvalue weighted by Gasteiger charge is -2.10. The summed E-state index contributed by atoms with van der Waals surface area (Å²) in [4.78, 5) is 14.4. The summed E-state index contributed by atoms with van der Waals surface area (Å²) in [5.41, 5.74) is 0.140. The number of alkyl halides is 3. The van der Waals surface area contributed by atoms with Gasteiger partial charge < -0.3 is 5.11 Å². The summed E-state index contributed by atoms with van der Waals surface area (Å²) in [6, 6.07) is 1.31. The van der Waals surface area contributed by atoms with E-state index in [2.05, 4.69) is 4.98 Å². The normalized spacial score (nSPS) is 10.8. The van der Waals surface area contributed by atoms with E-state index in [1.807, 2.05) is 0 Å². The van der Waals surface area contributed by atoms with Crippen molar-refractivity contribution in [2.45, 2.75) is 18.7 Å². The molecular formula is C9H7ClF2INO2. The van der Waals surface area contributed by atoms with Gasteiger partial charge >= 0.3 is 5.97 Å². The summed E-state index contributed by atoms with van der Waals surface area (Å²) >= 11 is 7.19. The van der Waals surface area contributed by atoms with E-state index >= 15 is 0 Å². The van der Waals surface area contributed by atoms with Gasteiger partial charge in [-0.05, 0) is 34.2 Å². The van der Waals surface area contributed by atoms with Crippen LogP contribution in [0.3, 0.4) is 0 Å². The quantitative estimate of drug-likeness (QED) is 0.510. The van der Waals surface area contributed by atoms with E-state index in [4.69, 9.17) is 16.7 Å². The first-order chi connectivity index (χ1) is 7.45. The Hall–Kier alpha value is -0.500. The van der Waals surface area contributed by atoms with E-state index in [0.29, 0.717) is 5.69 Å². The molecule has 3 nitrogen and oxygen atoms in total. The lowest BCUT2D eigenvalue weighted by molar-refractivity contribution is -0.136. The standard InChI is InChI=1S/C9H7ClF2INO2/c10-3-5-1-4(2-6(15)16)7(8(11)12)9(13)14-5/h1,8H,2-3H2,(H,15,16). The maximum absolute atomic E-state index is 12.7. The topological polar surface area (TPSA) is 50.2 Å². The van der Waals surface area contributed by atoms with Crippen molar-refractivity contribution in [3.8, 4) is 0 Å².